The third-order valence-corrected chi connectivity index (χ3v) is 6.32. The number of aryl methyl sites for hydroxylation is 2. The molecule has 0 aromatic heterocycles. The molecule has 0 saturated heterocycles. The van der Waals surface area contributed by atoms with Gasteiger partial charge in [0.2, 0.25) is 10.0 Å². The van der Waals surface area contributed by atoms with E-state index in [0.717, 1.165) is 18.4 Å². The molecule has 2 aromatic carbocycles. The van der Waals surface area contributed by atoms with Gasteiger partial charge in [0.15, 0.2) is 0 Å². The highest BCUT2D eigenvalue weighted by Crippen LogP contribution is 2.31. The van der Waals surface area contributed by atoms with Crippen molar-refractivity contribution >= 4 is 33.2 Å². The second kappa shape index (κ2) is 7.50. The first-order chi connectivity index (χ1) is 12.7. The normalized spacial score (nSPS) is 14.1. The highest BCUT2D eigenvalue weighted by Gasteiger charge is 2.28. The van der Waals surface area contributed by atoms with Crippen molar-refractivity contribution in [1.29, 1.82) is 0 Å². The summed E-state index contributed by atoms with van der Waals surface area (Å²) in [4.78, 5) is 12.9. The third kappa shape index (κ3) is 4.43. The van der Waals surface area contributed by atoms with Gasteiger partial charge in [0, 0.05) is 22.7 Å². The van der Waals surface area contributed by atoms with Crippen LogP contribution in [0.25, 0.3) is 0 Å². The van der Waals surface area contributed by atoms with Crippen LogP contribution < -0.4 is 14.8 Å². The average Bonchev–Trinajstić information content (AvgIpc) is 3.41. The summed E-state index contributed by atoms with van der Waals surface area (Å²) in [5.41, 5.74) is 2.20. The molecule has 1 saturated carbocycles. The van der Waals surface area contributed by atoms with Crippen molar-refractivity contribution in [3.8, 4) is 5.75 Å². The molecule has 144 valence electrons. The molecule has 1 fully saturated rings. The largest absolute Gasteiger partial charge is 0.495 e. The van der Waals surface area contributed by atoms with Gasteiger partial charge in [-0.3, -0.25) is 4.79 Å². The SMILES string of the molecule is COc1cc(Cl)c(C)cc1NC(=O)c1cc(S(=O)(=O)NC2CC2)ccc1C. The average molecular weight is 409 g/mol. The van der Waals surface area contributed by atoms with Gasteiger partial charge in [0.25, 0.3) is 5.91 Å². The van der Waals surface area contributed by atoms with Crippen LogP contribution in [0.3, 0.4) is 0 Å². The first-order valence-electron chi connectivity index (χ1n) is 8.49. The summed E-state index contributed by atoms with van der Waals surface area (Å²) in [7, 11) is -2.16. The van der Waals surface area contributed by atoms with Crippen molar-refractivity contribution < 1.29 is 17.9 Å². The van der Waals surface area contributed by atoms with Crippen LogP contribution >= 0.6 is 11.6 Å². The molecule has 1 amide bonds. The molecule has 0 bridgehead atoms. The lowest BCUT2D eigenvalue weighted by Gasteiger charge is -2.14. The first-order valence-corrected chi connectivity index (χ1v) is 10.4. The van der Waals surface area contributed by atoms with E-state index >= 15 is 0 Å². The zero-order valence-corrected chi connectivity index (χ0v) is 16.9. The molecular weight excluding hydrogens is 388 g/mol. The fraction of sp³-hybridized carbons (Fsp3) is 0.316. The molecule has 8 heteroatoms. The second-order valence-electron chi connectivity index (χ2n) is 6.63. The van der Waals surface area contributed by atoms with Crippen LogP contribution in [0.2, 0.25) is 5.02 Å². The minimum Gasteiger partial charge on any atom is -0.495 e. The quantitative estimate of drug-likeness (QED) is 0.763. The van der Waals surface area contributed by atoms with Crippen molar-refractivity contribution in [2.45, 2.75) is 37.6 Å². The van der Waals surface area contributed by atoms with Gasteiger partial charge in [-0.1, -0.05) is 17.7 Å². The van der Waals surface area contributed by atoms with Gasteiger partial charge < -0.3 is 10.1 Å². The van der Waals surface area contributed by atoms with Crippen LogP contribution in [0, 0.1) is 13.8 Å². The number of carbonyl (C=O) groups is 1. The second-order valence-corrected chi connectivity index (χ2v) is 8.75. The Morgan fingerprint density at radius 1 is 1.15 bits per heavy atom. The number of anilines is 1. The summed E-state index contributed by atoms with van der Waals surface area (Å²) in [5, 5.41) is 3.31. The van der Waals surface area contributed by atoms with Gasteiger partial charge in [-0.25, -0.2) is 13.1 Å². The number of benzene rings is 2. The number of ether oxygens (including phenoxy) is 1. The third-order valence-electron chi connectivity index (χ3n) is 4.39. The number of sulfonamides is 1. The number of rotatable bonds is 6. The number of halogens is 1. The molecule has 1 aliphatic rings. The maximum Gasteiger partial charge on any atom is 0.256 e. The van der Waals surface area contributed by atoms with E-state index in [9.17, 15) is 13.2 Å². The van der Waals surface area contributed by atoms with E-state index in [0.29, 0.717) is 22.0 Å². The summed E-state index contributed by atoms with van der Waals surface area (Å²) in [6.45, 7) is 3.57. The van der Waals surface area contributed by atoms with E-state index in [-0.39, 0.29) is 16.5 Å². The fourth-order valence-electron chi connectivity index (χ4n) is 2.62. The monoisotopic (exact) mass is 408 g/mol. The Morgan fingerprint density at radius 2 is 1.85 bits per heavy atom. The van der Waals surface area contributed by atoms with E-state index in [2.05, 4.69) is 10.0 Å². The van der Waals surface area contributed by atoms with Crippen LogP contribution in [0.5, 0.6) is 5.75 Å². The fourth-order valence-corrected chi connectivity index (χ4v) is 4.11. The maximum absolute atomic E-state index is 12.8. The zero-order valence-electron chi connectivity index (χ0n) is 15.3. The summed E-state index contributed by atoms with van der Waals surface area (Å²) in [6, 6.07) is 7.86. The van der Waals surface area contributed by atoms with Crippen molar-refractivity contribution in [2.75, 3.05) is 12.4 Å². The van der Waals surface area contributed by atoms with Crippen LogP contribution in [0.15, 0.2) is 35.2 Å². The summed E-state index contributed by atoms with van der Waals surface area (Å²) >= 11 is 6.09. The Hall–Kier alpha value is -2.09. The predicted molar refractivity (Wildman–Crippen MR) is 105 cm³/mol. The van der Waals surface area contributed by atoms with E-state index in [1.807, 2.05) is 6.92 Å². The highest BCUT2D eigenvalue weighted by molar-refractivity contribution is 7.89. The van der Waals surface area contributed by atoms with Gasteiger partial charge in [0.1, 0.15) is 5.75 Å². The van der Waals surface area contributed by atoms with Crippen LogP contribution in [0.1, 0.15) is 34.3 Å². The lowest BCUT2D eigenvalue weighted by atomic mass is 10.1. The molecule has 0 heterocycles. The smallest absolute Gasteiger partial charge is 0.256 e. The van der Waals surface area contributed by atoms with Crippen LogP contribution in [-0.2, 0) is 10.0 Å². The molecule has 27 heavy (non-hydrogen) atoms. The number of methoxy groups -OCH3 is 1. The van der Waals surface area contributed by atoms with Crippen molar-refractivity contribution in [3.63, 3.8) is 0 Å². The van der Waals surface area contributed by atoms with Crippen molar-refractivity contribution in [3.05, 3.63) is 52.0 Å². The molecule has 0 spiro atoms. The minimum atomic E-state index is -3.64. The van der Waals surface area contributed by atoms with Gasteiger partial charge in [-0.2, -0.15) is 0 Å². The summed E-state index contributed by atoms with van der Waals surface area (Å²) in [6.07, 6.45) is 1.68. The number of carbonyl (C=O) groups excluding carboxylic acids is 1. The molecular formula is C19H21ClN2O4S. The molecule has 3 rings (SSSR count). The lowest BCUT2D eigenvalue weighted by molar-refractivity contribution is 0.102. The first kappa shape index (κ1) is 19.7. The van der Waals surface area contributed by atoms with Gasteiger partial charge in [-0.05, 0) is 56.0 Å². The van der Waals surface area contributed by atoms with Gasteiger partial charge >= 0.3 is 0 Å². The zero-order chi connectivity index (χ0) is 19.8. The number of nitrogens with one attached hydrogen (secondary N) is 2. The predicted octanol–water partition coefficient (Wildman–Crippen LogP) is 3.66. The molecule has 0 radical (unpaired) electrons. The Balaban J connectivity index is 1.91. The Morgan fingerprint density at radius 3 is 2.48 bits per heavy atom. The van der Waals surface area contributed by atoms with Gasteiger partial charge in [0.05, 0.1) is 17.7 Å². The molecule has 0 unspecified atom stereocenters. The topological polar surface area (TPSA) is 84.5 Å². The standard InChI is InChI=1S/C19H21ClN2O4S/c1-11-4-7-14(27(24,25)22-13-5-6-13)9-15(11)19(23)21-17-8-12(2)16(20)10-18(17)26-3/h4,7-10,13,22H,5-6H2,1-3H3,(H,21,23). The van der Waals surface area contributed by atoms with Gasteiger partial charge in [-0.15, -0.1) is 0 Å². The van der Waals surface area contributed by atoms with Crippen molar-refractivity contribution in [2.24, 2.45) is 0 Å². The lowest BCUT2D eigenvalue weighted by Crippen LogP contribution is -2.26. The molecule has 0 aliphatic heterocycles. The van der Waals surface area contributed by atoms with Crippen LogP contribution in [-0.4, -0.2) is 27.5 Å². The van der Waals surface area contributed by atoms with Crippen LogP contribution in [0.4, 0.5) is 5.69 Å². The number of hydrogen-bond donors (Lipinski definition) is 2. The Kier molecular flexibility index (Phi) is 5.46. The van der Waals surface area contributed by atoms with E-state index < -0.39 is 15.9 Å². The Labute approximate surface area is 163 Å². The Bertz CT molecular complexity index is 1000. The van der Waals surface area contributed by atoms with E-state index in [1.165, 1.54) is 19.2 Å². The molecule has 0 atom stereocenters. The van der Waals surface area contributed by atoms with Crippen molar-refractivity contribution in [1.82, 2.24) is 4.72 Å². The molecule has 6 nitrogen and oxygen atoms in total. The summed E-state index contributed by atoms with van der Waals surface area (Å²) in [5.74, 6) is 0.00627. The summed E-state index contributed by atoms with van der Waals surface area (Å²) < 4.78 is 32.8. The number of amides is 1. The number of hydrogen-bond acceptors (Lipinski definition) is 4. The maximum atomic E-state index is 12.8. The molecule has 2 aromatic rings. The van der Waals surface area contributed by atoms with E-state index in [4.69, 9.17) is 16.3 Å². The van der Waals surface area contributed by atoms with E-state index in [1.54, 1.807) is 25.1 Å². The highest BCUT2D eigenvalue weighted by atomic mass is 35.5. The molecule has 2 N–H and O–H groups in total. The molecule has 1 aliphatic carbocycles. The minimum absolute atomic E-state index is 0.00474.